The number of hydrogen-bond donors (Lipinski definition) is 3. The van der Waals surface area contributed by atoms with E-state index in [9.17, 15) is 15.0 Å². The summed E-state index contributed by atoms with van der Waals surface area (Å²) in [6.45, 7) is 1.70. The minimum absolute atomic E-state index is 0.227. The molecular formula is C9H8N2O3. The second-order valence-corrected chi connectivity index (χ2v) is 3.03. The standard InChI is InChI=1S/C9H8N2O3/c1-4-5-2-7(12)8(13)3-6(5)11-9(14)10-4/h2-3,12-13H,1H3,(H,10,11,14). The van der Waals surface area contributed by atoms with Gasteiger partial charge in [0.25, 0.3) is 0 Å². The summed E-state index contributed by atoms with van der Waals surface area (Å²) in [5.41, 5.74) is 0.497. The molecule has 0 spiro atoms. The number of fused-ring (bicyclic) bond motifs is 1. The van der Waals surface area contributed by atoms with Crippen LogP contribution in [-0.4, -0.2) is 20.2 Å². The molecule has 0 aliphatic rings. The maximum Gasteiger partial charge on any atom is 0.345 e. The minimum atomic E-state index is -0.472. The normalized spacial score (nSPS) is 10.6. The van der Waals surface area contributed by atoms with Crippen molar-refractivity contribution in [3.63, 3.8) is 0 Å². The van der Waals surface area contributed by atoms with Crippen LogP contribution in [0, 0.1) is 6.92 Å². The average Bonchev–Trinajstić information content (AvgIpc) is 2.08. The Bertz CT molecular complexity index is 560. The SMILES string of the molecule is Cc1[nH]c(=O)nc2cc(O)c(O)cc12. The van der Waals surface area contributed by atoms with Crippen LogP contribution in [0.25, 0.3) is 10.9 Å². The fraction of sp³-hybridized carbons (Fsp3) is 0.111. The molecule has 0 radical (unpaired) electrons. The molecule has 1 aromatic carbocycles. The maximum absolute atomic E-state index is 11.0. The molecular weight excluding hydrogens is 184 g/mol. The van der Waals surface area contributed by atoms with Crippen molar-refractivity contribution in [1.82, 2.24) is 9.97 Å². The van der Waals surface area contributed by atoms with Gasteiger partial charge in [0.15, 0.2) is 11.5 Å². The van der Waals surface area contributed by atoms with Crippen molar-refractivity contribution in [3.05, 3.63) is 28.3 Å². The molecule has 0 unspecified atom stereocenters. The number of aromatic nitrogens is 2. The predicted octanol–water partition coefficient (Wildman–Crippen LogP) is 0.643. The number of aryl methyl sites for hydroxylation is 1. The Morgan fingerprint density at radius 3 is 2.64 bits per heavy atom. The van der Waals surface area contributed by atoms with Crippen LogP contribution in [0.15, 0.2) is 16.9 Å². The first kappa shape index (κ1) is 8.55. The molecule has 72 valence electrons. The molecule has 1 heterocycles. The average molecular weight is 192 g/mol. The van der Waals surface area contributed by atoms with Gasteiger partial charge in [0, 0.05) is 17.1 Å². The van der Waals surface area contributed by atoms with Gasteiger partial charge in [-0.05, 0) is 13.0 Å². The Morgan fingerprint density at radius 2 is 1.93 bits per heavy atom. The van der Waals surface area contributed by atoms with Crippen molar-refractivity contribution in [2.75, 3.05) is 0 Å². The molecule has 14 heavy (non-hydrogen) atoms. The molecule has 2 rings (SSSR count). The smallest absolute Gasteiger partial charge is 0.345 e. The van der Waals surface area contributed by atoms with E-state index in [0.29, 0.717) is 16.6 Å². The number of benzene rings is 1. The fourth-order valence-electron chi connectivity index (χ4n) is 1.32. The van der Waals surface area contributed by atoms with Crippen molar-refractivity contribution in [3.8, 4) is 11.5 Å². The van der Waals surface area contributed by atoms with Crippen LogP contribution in [0.1, 0.15) is 5.69 Å². The molecule has 0 saturated carbocycles. The highest BCUT2D eigenvalue weighted by molar-refractivity contribution is 5.83. The van der Waals surface area contributed by atoms with Crippen molar-refractivity contribution in [1.29, 1.82) is 0 Å². The van der Waals surface area contributed by atoms with E-state index in [4.69, 9.17) is 0 Å². The zero-order valence-corrected chi connectivity index (χ0v) is 7.40. The van der Waals surface area contributed by atoms with E-state index in [1.165, 1.54) is 12.1 Å². The number of nitrogens with zero attached hydrogens (tertiary/aromatic N) is 1. The van der Waals surface area contributed by atoms with E-state index in [-0.39, 0.29) is 11.5 Å². The summed E-state index contributed by atoms with van der Waals surface area (Å²) in [5, 5.41) is 19.0. The highest BCUT2D eigenvalue weighted by Gasteiger charge is 2.06. The monoisotopic (exact) mass is 192 g/mol. The Hall–Kier alpha value is -2.04. The summed E-state index contributed by atoms with van der Waals surface area (Å²) in [5.74, 6) is -0.510. The van der Waals surface area contributed by atoms with Gasteiger partial charge in [-0.3, -0.25) is 0 Å². The molecule has 5 heteroatoms. The lowest BCUT2D eigenvalue weighted by Crippen LogP contribution is -2.11. The molecule has 0 amide bonds. The van der Waals surface area contributed by atoms with E-state index in [0.717, 1.165) is 0 Å². The molecule has 0 aliphatic carbocycles. The summed E-state index contributed by atoms with van der Waals surface area (Å²) in [7, 11) is 0. The third kappa shape index (κ3) is 1.19. The fourth-order valence-corrected chi connectivity index (χ4v) is 1.32. The number of H-pyrrole nitrogens is 1. The Labute approximate surface area is 78.7 Å². The van der Waals surface area contributed by atoms with Gasteiger partial charge < -0.3 is 15.2 Å². The lowest BCUT2D eigenvalue weighted by molar-refractivity contribution is 0.404. The molecule has 2 aromatic rings. The third-order valence-corrected chi connectivity index (χ3v) is 2.01. The topological polar surface area (TPSA) is 86.2 Å². The van der Waals surface area contributed by atoms with Crippen LogP contribution in [0.5, 0.6) is 11.5 Å². The zero-order valence-electron chi connectivity index (χ0n) is 7.40. The summed E-state index contributed by atoms with van der Waals surface area (Å²) in [6.07, 6.45) is 0. The highest BCUT2D eigenvalue weighted by atomic mass is 16.3. The summed E-state index contributed by atoms with van der Waals surface area (Å²) >= 11 is 0. The largest absolute Gasteiger partial charge is 0.504 e. The molecule has 0 fully saturated rings. The first-order valence-electron chi connectivity index (χ1n) is 4.00. The Morgan fingerprint density at radius 1 is 1.29 bits per heavy atom. The van der Waals surface area contributed by atoms with E-state index in [1.54, 1.807) is 6.92 Å². The van der Waals surface area contributed by atoms with Crippen molar-refractivity contribution in [2.24, 2.45) is 0 Å². The van der Waals surface area contributed by atoms with Crippen LogP contribution in [0.4, 0.5) is 0 Å². The van der Waals surface area contributed by atoms with E-state index < -0.39 is 5.69 Å². The number of aromatic amines is 1. The van der Waals surface area contributed by atoms with Gasteiger partial charge >= 0.3 is 5.69 Å². The molecule has 0 saturated heterocycles. The van der Waals surface area contributed by atoms with Crippen molar-refractivity contribution >= 4 is 10.9 Å². The predicted molar refractivity (Wildman–Crippen MR) is 50.4 cm³/mol. The molecule has 0 atom stereocenters. The third-order valence-electron chi connectivity index (χ3n) is 2.01. The maximum atomic E-state index is 11.0. The molecule has 5 nitrogen and oxygen atoms in total. The molecule has 0 aliphatic heterocycles. The summed E-state index contributed by atoms with van der Waals surface area (Å²) < 4.78 is 0. The lowest BCUT2D eigenvalue weighted by Gasteiger charge is -2.02. The summed E-state index contributed by atoms with van der Waals surface area (Å²) in [4.78, 5) is 17.1. The first-order chi connectivity index (χ1) is 6.58. The molecule has 0 bridgehead atoms. The number of nitrogens with one attached hydrogen (secondary N) is 1. The summed E-state index contributed by atoms with van der Waals surface area (Å²) in [6, 6.07) is 2.62. The second-order valence-electron chi connectivity index (χ2n) is 3.03. The number of hydrogen-bond acceptors (Lipinski definition) is 4. The quantitative estimate of drug-likeness (QED) is 0.534. The van der Waals surface area contributed by atoms with Crippen LogP contribution in [0.2, 0.25) is 0 Å². The van der Waals surface area contributed by atoms with Gasteiger partial charge in [0.05, 0.1) is 5.52 Å². The van der Waals surface area contributed by atoms with Crippen LogP contribution >= 0.6 is 0 Å². The minimum Gasteiger partial charge on any atom is -0.504 e. The zero-order chi connectivity index (χ0) is 10.3. The van der Waals surface area contributed by atoms with E-state index in [1.807, 2.05) is 0 Å². The van der Waals surface area contributed by atoms with Crippen LogP contribution in [-0.2, 0) is 0 Å². The number of phenolic OH excluding ortho intramolecular Hbond substituents is 2. The van der Waals surface area contributed by atoms with Crippen LogP contribution < -0.4 is 5.69 Å². The first-order valence-corrected chi connectivity index (χ1v) is 4.00. The van der Waals surface area contributed by atoms with Crippen molar-refractivity contribution < 1.29 is 10.2 Å². The van der Waals surface area contributed by atoms with Gasteiger partial charge in [-0.25, -0.2) is 4.79 Å². The van der Waals surface area contributed by atoms with Gasteiger partial charge in [0.2, 0.25) is 0 Å². The van der Waals surface area contributed by atoms with E-state index >= 15 is 0 Å². The molecule has 3 N–H and O–H groups in total. The molecule has 1 aromatic heterocycles. The number of aromatic hydroxyl groups is 2. The van der Waals surface area contributed by atoms with Gasteiger partial charge in [-0.2, -0.15) is 4.98 Å². The number of rotatable bonds is 0. The van der Waals surface area contributed by atoms with Crippen LogP contribution in [0.3, 0.4) is 0 Å². The second kappa shape index (κ2) is 2.73. The van der Waals surface area contributed by atoms with Gasteiger partial charge in [-0.15, -0.1) is 0 Å². The van der Waals surface area contributed by atoms with E-state index in [2.05, 4.69) is 9.97 Å². The lowest BCUT2D eigenvalue weighted by atomic mass is 10.2. The van der Waals surface area contributed by atoms with Gasteiger partial charge in [0.1, 0.15) is 0 Å². The Balaban J connectivity index is 2.96. The number of phenols is 2. The van der Waals surface area contributed by atoms with Gasteiger partial charge in [-0.1, -0.05) is 0 Å². The Kier molecular flexibility index (Phi) is 1.67. The highest BCUT2D eigenvalue weighted by Crippen LogP contribution is 2.29. The van der Waals surface area contributed by atoms with Crippen molar-refractivity contribution in [2.45, 2.75) is 6.92 Å².